The quantitative estimate of drug-likeness (QED) is 0.178. The summed E-state index contributed by atoms with van der Waals surface area (Å²) in [5.41, 5.74) is 9.62. The van der Waals surface area contributed by atoms with Crippen LogP contribution in [-0.2, 0) is 0 Å². The van der Waals surface area contributed by atoms with Crippen molar-refractivity contribution >= 4 is 43.4 Å². The van der Waals surface area contributed by atoms with Crippen LogP contribution in [0.25, 0.3) is 93.8 Å². The van der Waals surface area contributed by atoms with Crippen molar-refractivity contribution in [2.24, 2.45) is 0 Å². The van der Waals surface area contributed by atoms with Crippen LogP contribution in [0, 0.1) is 0 Å². The van der Waals surface area contributed by atoms with E-state index >= 15 is 0 Å². The van der Waals surface area contributed by atoms with Crippen molar-refractivity contribution < 1.29 is 10.2 Å². The third-order valence-corrected chi connectivity index (χ3v) is 10.4. The first-order valence-corrected chi connectivity index (χ1v) is 17.7. The number of nitrogens with zero attached hydrogens (tertiary/aromatic N) is 2. The van der Waals surface area contributed by atoms with Crippen molar-refractivity contribution in [2.75, 3.05) is 0 Å². The van der Waals surface area contributed by atoms with Gasteiger partial charge >= 0.3 is 0 Å². The Morgan fingerprint density at radius 1 is 0.377 bits per heavy atom. The predicted molar refractivity (Wildman–Crippen MR) is 219 cm³/mol. The predicted octanol–water partition coefficient (Wildman–Crippen LogP) is 12.6. The Bertz CT molecular complexity index is 3000. The van der Waals surface area contributed by atoms with Gasteiger partial charge in [-0.3, -0.25) is 4.57 Å². The van der Waals surface area contributed by atoms with Gasteiger partial charge in [-0.2, -0.15) is 0 Å². The maximum atomic E-state index is 10.9. The van der Waals surface area contributed by atoms with E-state index < -0.39 is 0 Å². The first kappa shape index (κ1) is 30.6. The van der Waals surface area contributed by atoms with Gasteiger partial charge in [0, 0.05) is 11.3 Å². The number of phenols is 2. The minimum atomic E-state index is 0.0348. The highest BCUT2D eigenvalue weighted by Gasteiger charge is 2.20. The number of hydrogen-bond acceptors (Lipinski definition) is 3. The number of benzene rings is 9. The summed E-state index contributed by atoms with van der Waals surface area (Å²) in [5.74, 6) is 0.961. The zero-order chi connectivity index (χ0) is 35.5. The Labute approximate surface area is 306 Å². The number of rotatable bonds is 5. The van der Waals surface area contributed by atoms with Crippen molar-refractivity contribution in [3.63, 3.8) is 0 Å². The minimum Gasteiger partial charge on any atom is -0.507 e. The first-order valence-electron chi connectivity index (χ1n) is 17.7. The van der Waals surface area contributed by atoms with E-state index in [1.54, 1.807) is 18.2 Å². The summed E-state index contributed by atoms with van der Waals surface area (Å²) in [6.07, 6.45) is 0. The lowest BCUT2D eigenvalue weighted by Crippen LogP contribution is -1.98. The van der Waals surface area contributed by atoms with Gasteiger partial charge in [-0.05, 0) is 109 Å². The van der Waals surface area contributed by atoms with Crippen LogP contribution in [0.2, 0.25) is 0 Å². The third kappa shape index (κ3) is 5.03. The fraction of sp³-hybridized carbons (Fsp3) is 0. The Kier molecular flexibility index (Phi) is 7.08. The Balaban J connectivity index is 1.24. The van der Waals surface area contributed by atoms with E-state index in [9.17, 15) is 10.2 Å². The number of phenolic OH excluding ortho intramolecular Hbond substituents is 2. The molecule has 0 unspecified atom stereocenters. The van der Waals surface area contributed by atoms with Crippen LogP contribution >= 0.6 is 0 Å². The second-order valence-corrected chi connectivity index (χ2v) is 13.5. The zero-order valence-electron chi connectivity index (χ0n) is 28.6. The second-order valence-electron chi connectivity index (χ2n) is 13.5. The van der Waals surface area contributed by atoms with E-state index in [0.717, 1.165) is 77.5 Å². The highest BCUT2D eigenvalue weighted by molar-refractivity contribution is 6.22. The summed E-state index contributed by atoms with van der Waals surface area (Å²) in [4.78, 5) is 5.05. The van der Waals surface area contributed by atoms with E-state index in [0.29, 0.717) is 5.56 Å². The molecule has 4 nitrogen and oxygen atoms in total. The van der Waals surface area contributed by atoms with Crippen molar-refractivity contribution in [1.29, 1.82) is 0 Å². The van der Waals surface area contributed by atoms with Crippen LogP contribution in [0.15, 0.2) is 182 Å². The smallest absolute Gasteiger partial charge is 0.145 e. The Hall–Kier alpha value is -7.17. The molecule has 1 heterocycles. The molecule has 4 heteroatoms. The van der Waals surface area contributed by atoms with Crippen molar-refractivity contribution in [2.45, 2.75) is 0 Å². The van der Waals surface area contributed by atoms with Gasteiger partial charge in [0.25, 0.3) is 0 Å². The highest BCUT2D eigenvalue weighted by Crippen LogP contribution is 2.47. The molecule has 0 atom stereocenters. The molecular weight excluding hydrogens is 649 g/mol. The number of hydrogen-bond donors (Lipinski definition) is 2. The van der Waals surface area contributed by atoms with E-state index in [-0.39, 0.29) is 11.5 Å². The van der Waals surface area contributed by atoms with Crippen LogP contribution in [-0.4, -0.2) is 19.8 Å². The van der Waals surface area contributed by atoms with Gasteiger partial charge in [0.05, 0.1) is 16.6 Å². The second kappa shape index (κ2) is 12.3. The molecule has 0 radical (unpaired) electrons. The van der Waals surface area contributed by atoms with E-state index in [1.165, 1.54) is 10.8 Å². The van der Waals surface area contributed by atoms with Gasteiger partial charge in [-0.1, -0.05) is 133 Å². The molecule has 53 heavy (non-hydrogen) atoms. The van der Waals surface area contributed by atoms with Crippen molar-refractivity contribution in [3.8, 4) is 62.0 Å². The third-order valence-electron chi connectivity index (χ3n) is 10.4. The monoisotopic (exact) mass is 680 g/mol. The summed E-state index contributed by atoms with van der Waals surface area (Å²) in [6, 6.07) is 62.2. The molecule has 0 amide bonds. The SMILES string of the molecule is Oc1cccc(O)c1-c1ccc2c(-c3ccc4ccccc4c3)c3ccccc3c(-c3ccc(-n4c(-c5ccccc5)nc5ccccc54)cc3)c2c1. The molecule has 0 aliphatic rings. The first-order chi connectivity index (χ1) is 26.1. The molecule has 0 aliphatic heterocycles. The number of para-hydroxylation sites is 2. The summed E-state index contributed by atoms with van der Waals surface area (Å²) in [5, 5.41) is 28.6. The van der Waals surface area contributed by atoms with Crippen molar-refractivity contribution in [1.82, 2.24) is 9.55 Å². The molecule has 0 bridgehead atoms. The molecule has 0 spiro atoms. The summed E-state index contributed by atoms with van der Waals surface area (Å²) in [6.45, 7) is 0. The lowest BCUT2D eigenvalue weighted by Gasteiger charge is -2.20. The molecule has 2 N–H and O–H groups in total. The highest BCUT2D eigenvalue weighted by atomic mass is 16.3. The molecule has 10 aromatic rings. The van der Waals surface area contributed by atoms with Gasteiger partial charge in [-0.15, -0.1) is 0 Å². The molecule has 9 aromatic carbocycles. The van der Waals surface area contributed by atoms with Gasteiger partial charge in [-0.25, -0.2) is 4.98 Å². The van der Waals surface area contributed by atoms with E-state index in [4.69, 9.17) is 4.98 Å². The summed E-state index contributed by atoms with van der Waals surface area (Å²) in [7, 11) is 0. The maximum Gasteiger partial charge on any atom is 0.145 e. The topological polar surface area (TPSA) is 58.3 Å². The average molecular weight is 681 g/mol. The van der Waals surface area contributed by atoms with E-state index in [1.807, 2.05) is 30.3 Å². The van der Waals surface area contributed by atoms with Gasteiger partial charge in [0.2, 0.25) is 0 Å². The Morgan fingerprint density at radius 2 is 0.962 bits per heavy atom. The minimum absolute atomic E-state index is 0.0348. The van der Waals surface area contributed by atoms with Crippen LogP contribution in [0.3, 0.4) is 0 Å². The molecule has 0 fully saturated rings. The zero-order valence-corrected chi connectivity index (χ0v) is 28.6. The molecule has 250 valence electrons. The van der Waals surface area contributed by atoms with Crippen molar-refractivity contribution in [3.05, 3.63) is 182 Å². The number of imidazole rings is 1. The largest absolute Gasteiger partial charge is 0.507 e. The molecular formula is C49H32N2O2. The van der Waals surface area contributed by atoms with Crippen LogP contribution < -0.4 is 0 Å². The van der Waals surface area contributed by atoms with Gasteiger partial charge < -0.3 is 10.2 Å². The normalized spacial score (nSPS) is 11.5. The summed E-state index contributed by atoms with van der Waals surface area (Å²) < 4.78 is 2.23. The average Bonchev–Trinajstić information content (AvgIpc) is 3.60. The fourth-order valence-electron chi connectivity index (χ4n) is 7.97. The lowest BCUT2D eigenvalue weighted by molar-refractivity contribution is 0.454. The van der Waals surface area contributed by atoms with E-state index in [2.05, 4.69) is 138 Å². The molecule has 10 rings (SSSR count). The summed E-state index contributed by atoms with van der Waals surface area (Å²) >= 11 is 0. The number of fused-ring (bicyclic) bond motifs is 4. The van der Waals surface area contributed by atoms with Gasteiger partial charge in [0.1, 0.15) is 17.3 Å². The number of aromatic hydroxyl groups is 2. The molecule has 1 aromatic heterocycles. The standard InChI is InChI=1S/C49H32N2O2/c52-44-19-10-20-45(53)48(44)36-25-28-40-41(30-36)46(38-15-6-7-16-39(38)47(40)35-22-21-31-11-4-5-14-34(31)29-35)32-23-26-37(27-24-32)51-43-18-9-8-17-42(43)50-49(51)33-12-2-1-3-13-33/h1-30,52-53H. The Morgan fingerprint density at radius 3 is 1.74 bits per heavy atom. The maximum absolute atomic E-state index is 10.9. The number of aromatic nitrogens is 2. The fourth-order valence-corrected chi connectivity index (χ4v) is 7.97. The van der Waals surface area contributed by atoms with Crippen LogP contribution in [0.4, 0.5) is 0 Å². The van der Waals surface area contributed by atoms with Crippen LogP contribution in [0.5, 0.6) is 11.5 Å². The molecule has 0 aliphatic carbocycles. The van der Waals surface area contributed by atoms with Crippen LogP contribution in [0.1, 0.15) is 0 Å². The lowest BCUT2D eigenvalue weighted by atomic mass is 9.84. The molecule has 0 saturated carbocycles. The molecule has 0 saturated heterocycles. The van der Waals surface area contributed by atoms with Gasteiger partial charge in [0.15, 0.2) is 0 Å².